The van der Waals surface area contributed by atoms with Gasteiger partial charge in [0.25, 0.3) is 11.5 Å². The van der Waals surface area contributed by atoms with E-state index in [1.807, 2.05) is 54.6 Å². The molecule has 0 aliphatic carbocycles. The molecule has 0 bridgehead atoms. The molecular formula is C20H15N3O3S. The summed E-state index contributed by atoms with van der Waals surface area (Å²) in [5, 5.41) is 3.13. The zero-order valence-electron chi connectivity index (χ0n) is 14.2. The van der Waals surface area contributed by atoms with Gasteiger partial charge in [-0.3, -0.25) is 14.9 Å². The molecule has 0 unspecified atom stereocenters. The number of benzene rings is 2. The molecule has 2 heterocycles. The number of para-hydroxylation sites is 1. The molecule has 0 saturated carbocycles. The van der Waals surface area contributed by atoms with Crippen molar-refractivity contribution in [1.82, 2.24) is 9.71 Å². The maximum absolute atomic E-state index is 12.6. The van der Waals surface area contributed by atoms with Crippen molar-refractivity contribution in [2.75, 3.05) is 5.32 Å². The van der Waals surface area contributed by atoms with Crippen LogP contribution in [-0.4, -0.2) is 15.6 Å². The molecule has 0 radical (unpaired) electrons. The number of fused-ring (bicyclic) bond motifs is 1. The Morgan fingerprint density at radius 3 is 2.63 bits per heavy atom. The number of carbonyl (C=O) groups excluding carboxylic acids is 1. The van der Waals surface area contributed by atoms with Crippen molar-refractivity contribution in [3.63, 3.8) is 0 Å². The van der Waals surface area contributed by atoms with Crippen LogP contribution in [0.1, 0.15) is 15.9 Å². The second-order valence-electron chi connectivity index (χ2n) is 5.75. The molecule has 0 spiro atoms. The highest BCUT2D eigenvalue weighted by Gasteiger charge is 2.15. The van der Waals surface area contributed by atoms with Crippen molar-refractivity contribution >= 4 is 32.6 Å². The van der Waals surface area contributed by atoms with Crippen LogP contribution in [0, 0.1) is 0 Å². The number of rotatable bonds is 5. The van der Waals surface area contributed by atoms with Crippen molar-refractivity contribution in [2.45, 2.75) is 6.61 Å². The number of aromatic nitrogens is 2. The van der Waals surface area contributed by atoms with E-state index in [-0.39, 0.29) is 12.2 Å². The summed E-state index contributed by atoms with van der Waals surface area (Å²) in [5.74, 6) is -0.517. The van der Waals surface area contributed by atoms with E-state index in [0.717, 1.165) is 20.5 Å². The minimum Gasteiger partial charge on any atom is -0.406 e. The van der Waals surface area contributed by atoms with Crippen LogP contribution in [0.3, 0.4) is 0 Å². The van der Waals surface area contributed by atoms with Gasteiger partial charge in [-0.25, -0.2) is 4.98 Å². The highest BCUT2D eigenvalue weighted by molar-refractivity contribution is 7.22. The van der Waals surface area contributed by atoms with E-state index in [4.69, 9.17) is 4.84 Å². The molecule has 2 aromatic heterocycles. The molecule has 4 rings (SSSR count). The largest absolute Gasteiger partial charge is 0.406 e. The van der Waals surface area contributed by atoms with Crippen LogP contribution in [0.4, 0.5) is 5.13 Å². The van der Waals surface area contributed by atoms with Crippen LogP contribution in [0.5, 0.6) is 0 Å². The van der Waals surface area contributed by atoms with Crippen LogP contribution in [0.15, 0.2) is 77.7 Å². The van der Waals surface area contributed by atoms with Gasteiger partial charge in [-0.05, 0) is 29.8 Å². The quantitative estimate of drug-likeness (QED) is 0.579. The first-order chi connectivity index (χ1) is 13.2. The molecule has 7 heteroatoms. The summed E-state index contributed by atoms with van der Waals surface area (Å²) in [7, 11) is 0. The van der Waals surface area contributed by atoms with E-state index in [1.165, 1.54) is 23.6 Å². The number of nitrogens with zero attached hydrogens (tertiary/aromatic N) is 2. The van der Waals surface area contributed by atoms with Gasteiger partial charge in [-0.2, -0.15) is 4.73 Å². The second-order valence-corrected chi connectivity index (χ2v) is 6.78. The minimum atomic E-state index is -0.521. The molecule has 134 valence electrons. The van der Waals surface area contributed by atoms with Gasteiger partial charge in [-0.15, -0.1) is 0 Å². The zero-order chi connectivity index (χ0) is 18.6. The summed E-state index contributed by atoms with van der Waals surface area (Å²) in [4.78, 5) is 35.0. The predicted molar refractivity (Wildman–Crippen MR) is 105 cm³/mol. The van der Waals surface area contributed by atoms with Crippen molar-refractivity contribution < 1.29 is 9.63 Å². The molecule has 0 aliphatic heterocycles. The number of nitrogens with one attached hydrogen (secondary N) is 1. The fourth-order valence-electron chi connectivity index (χ4n) is 2.56. The number of hydrogen-bond acceptors (Lipinski definition) is 5. The lowest BCUT2D eigenvalue weighted by atomic mass is 10.2. The van der Waals surface area contributed by atoms with Crippen molar-refractivity contribution in [3.8, 4) is 0 Å². The smallest absolute Gasteiger partial charge is 0.295 e. The van der Waals surface area contributed by atoms with Crippen molar-refractivity contribution in [1.29, 1.82) is 0 Å². The fraction of sp³-hybridized carbons (Fsp3) is 0.0500. The minimum absolute atomic E-state index is 0.00943. The number of amides is 1. The average Bonchev–Trinajstić information content (AvgIpc) is 3.10. The van der Waals surface area contributed by atoms with Gasteiger partial charge in [0.1, 0.15) is 12.2 Å². The van der Waals surface area contributed by atoms with Gasteiger partial charge in [-0.1, -0.05) is 53.8 Å². The van der Waals surface area contributed by atoms with Crippen LogP contribution in [0.2, 0.25) is 0 Å². The predicted octanol–water partition coefficient (Wildman–Crippen LogP) is 3.34. The summed E-state index contributed by atoms with van der Waals surface area (Å²) in [6.07, 6.45) is 1.49. The average molecular weight is 377 g/mol. The van der Waals surface area contributed by atoms with Gasteiger partial charge >= 0.3 is 0 Å². The SMILES string of the molecule is O=C(Nc1nc2ccccc2s1)c1cccn(OCc2ccccc2)c1=O. The monoisotopic (exact) mass is 377 g/mol. The molecule has 1 amide bonds. The molecular weight excluding hydrogens is 362 g/mol. The van der Waals surface area contributed by atoms with E-state index >= 15 is 0 Å². The van der Waals surface area contributed by atoms with E-state index in [2.05, 4.69) is 10.3 Å². The van der Waals surface area contributed by atoms with Gasteiger partial charge in [0.15, 0.2) is 5.13 Å². The molecule has 1 N–H and O–H groups in total. The fourth-order valence-corrected chi connectivity index (χ4v) is 3.42. The maximum atomic E-state index is 12.6. The van der Waals surface area contributed by atoms with Gasteiger partial charge in [0.2, 0.25) is 0 Å². The standard InChI is InChI=1S/C20H15N3O3S/c24-18(22-20-21-16-10-4-5-11-17(16)27-20)15-9-6-12-23(19(15)25)26-13-14-7-2-1-3-8-14/h1-12H,13H2,(H,21,22,24). The lowest BCUT2D eigenvalue weighted by Crippen LogP contribution is -2.32. The molecule has 0 saturated heterocycles. The summed E-state index contributed by atoms with van der Waals surface area (Å²) in [5.41, 5.74) is 1.19. The van der Waals surface area contributed by atoms with Crippen molar-refractivity contribution in [2.24, 2.45) is 0 Å². The third kappa shape index (κ3) is 3.73. The normalized spacial score (nSPS) is 10.7. The highest BCUT2D eigenvalue weighted by atomic mass is 32.1. The third-order valence-corrected chi connectivity index (χ3v) is 4.84. The first kappa shape index (κ1) is 17.0. The van der Waals surface area contributed by atoms with E-state index in [0.29, 0.717) is 5.13 Å². The maximum Gasteiger partial charge on any atom is 0.295 e. The Morgan fingerprint density at radius 1 is 1.04 bits per heavy atom. The van der Waals surface area contributed by atoms with E-state index in [1.54, 1.807) is 6.07 Å². The lowest BCUT2D eigenvalue weighted by Gasteiger charge is -2.09. The van der Waals surface area contributed by atoms with Crippen LogP contribution in [0.25, 0.3) is 10.2 Å². The summed E-state index contributed by atoms with van der Waals surface area (Å²) < 4.78 is 2.03. The Bertz CT molecular complexity index is 1120. The van der Waals surface area contributed by atoms with Gasteiger partial charge in [0, 0.05) is 6.20 Å². The first-order valence-corrected chi connectivity index (χ1v) is 9.08. The third-order valence-electron chi connectivity index (χ3n) is 3.89. The summed E-state index contributed by atoms with van der Waals surface area (Å²) in [6, 6.07) is 20.1. The lowest BCUT2D eigenvalue weighted by molar-refractivity contribution is 0.0863. The zero-order valence-corrected chi connectivity index (χ0v) is 15.0. The van der Waals surface area contributed by atoms with Crippen LogP contribution >= 0.6 is 11.3 Å². The number of hydrogen-bond donors (Lipinski definition) is 1. The van der Waals surface area contributed by atoms with Gasteiger partial charge < -0.3 is 4.84 Å². The Labute approximate surface area is 158 Å². The Kier molecular flexibility index (Phi) is 4.67. The van der Waals surface area contributed by atoms with Crippen molar-refractivity contribution in [3.05, 3.63) is 94.4 Å². The number of thiazole rings is 1. The second kappa shape index (κ2) is 7.43. The Morgan fingerprint density at radius 2 is 1.81 bits per heavy atom. The summed E-state index contributed by atoms with van der Waals surface area (Å²) in [6.45, 7) is 0.226. The topological polar surface area (TPSA) is 73.2 Å². The van der Waals surface area contributed by atoms with Crippen LogP contribution < -0.4 is 15.7 Å². The Hall–Kier alpha value is -3.45. The highest BCUT2D eigenvalue weighted by Crippen LogP contribution is 2.25. The number of pyridine rings is 1. The van der Waals surface area contributed by atoms with E-state index in [9.17, 15) is 9.59 Å². The molecule has 0 aliphatic rings. The Balaban J connectivity index is 1.52. The molecule has 2 aromatic carbocycles. The molecule has 0 fully saturated rings. The number of carbonyl (C=O) groups is 1. The van der Waals surface area contributed by atoms with Gasteiger partial charge in [0.05, 0.1) is 10.2 Å². The molecule has 27 heavy (non-hydrogen) atoms. The summed E-state index contributed by atoms with van der Waals surface area (Å²) >= 11 is 1.35. The van der Waals surface area contributed by atoms with E-state index < -0.39 is 11.5 Å². The first-order valence-electron chi connectivity index (χ1n) is 8.26. The number of anilines is 1. The molecule has 6 nitrogen and oxygen atoms in total. The molecule has 0 atom stereocenters. The van der Waals surface area contributed by atoms with Crippen LogP contribution in [-0.2, 0) is 6.61 Å². The molecule has 4 aromatic rings.